The Balaban J connectivity index is 1.50. The molecule has 1 amide bonds. The highest BCUT2D eigenvalue weighted by atomic mass is 16.5. The highest BCUT2D eigenvalue weighted by molar-refractivity contribution is 5.86. The van der Waals surface area contributed by atoms with Crippen LogP contribution in [-0.4, -0.2) is 38.3 Å². The summed E-state index contributed by atoms with van der Waals surface area (Å²) in [5.41, 5.74) is 2.48. The molecule has 0 saturated carbocycles. The maximum Gasteiger partial charge on any atom is 0.227 e. The summed E-state index contributed by atoms with van der Waals surface area (Å²) in [6.45, 7) is 3.20. The molecule has 2 aliphatic rings. The minimum atomic E-state index is 0.0370. The zero-order valence-corrected chi connectivity index (χ0v) is 11.0. The van der Waals surface area contributed by atoms with Gasteiger partial charge in [-0.1, -0.05) is 24.3 Å². The van der Waals surface area contributed by atoms with E-state index in [9.17, 15) is 4.79 Å². The van der Waals surface area contributed by atoms with Crippen LogP contribution in [0.5, 0.6) is 0 Å². The minimum absolute atomic E-state index is 0.0370. The fourth-order valence-electron chi connectivity index (χ4n) is 2.73. The van der Waals surface area contributed by atoms with Gasteiger partial charge >= 0.3 is 0 Å². The lowest BCUT2D eigenvalue weighted by Gasteiger charge is -2.29. The molecular weight excluding hydrogens is 240 g/mol. The molecule has 1 aromatic carbocycles. The number of hydrogen-bond donors (Lipinski definition) is 2. The predicted molar refractivity (Wildman–Crippen MR) is 73.1 cm³/mol. The number of hydrogen-bond acceptors (Lipinski definition) is 3. The molecule has 1 heterocycles. The molecule has 1 aliphatic heterocycles. The average molecular weight is 260 g/mol. The highest BCUT2D eigenvalue weighted by Gasteiger charge is 2.31. The number of carbonyl (C=O) groups is 1. The number of ether oxygens (including phenoxy) is 1. The van der Waals surface area contributed by atoms with Gasteiger partial charge in [-0.05, 0) is 30.5 Å². The Morgan fingerprint density at radius 2 is 2.32 bits per heavy atom. The molecule has 1 fully saturated rings. The van der Waals surface area contributed by atoms with Crippen LogP contribution in [0, 0.1) is 0 Å². The van der Waals surface area contributed by atoms with Gasteiger partial charge in [0.2, 0.25) is 5.91 Å². The summed E-state index contributed by atoms with van der Waals surface area (Å²) in [4.78, 5) is 12.1. The van der Waals surface area contributed by atoms with Gasteiger partial charge in [0.1, 0.15) is 0 Å². The van der Waals surface area contributed by atoms with Crippen molar-refractivity contribution in [3.05, 3.63) is 35.4 Å². The monoisotopic (exact) mass is 260 g/mol. The van der Waals surface area contributed by atoms with Crippen molar-refractivity contribution in [1.82, 2.24) is 10.6 Å². The van der Waals surface area contributed by atoms with Gasteiger partial charge in [0.25, 0.3) is 0 Å². The van der Waals surface area contributed by atoms with E-state index in [4.69, 9.17) is 4.74 Å². The second kappa shape index (κ2) is 5.72. The molecule has 4 heteroatoms. The molecule has 1 aliphatic carbocycles. The van der Waals surface area contributed by atoms with Crippen LogP contribution in [0.4, 0.5) is 0 Å². The van der Waals surface area contributed by atoms with E-state index in [1.54, 1.807) is 0 Å². The molecular formula is C15H20N2O2. The quantitative estimate of drug-likeness (QED) is 0.846. The Labute approximate surface area is 113 Å². The van der Waals surface area contributed by atoms with Crippen LogP contribution in [0.3, 0.4) is 0 Å². The summed E-state index contributed by atoms with van der Waals surface area (Å²) in [6.07, 6.45) is 2.01. The van der Waals surface area contributed by atoms with Crippen LogP contribution in [-0.2, 0) is 16.0 Å². The van der Waals surface area contributed by atoms with Crippen molar-refractivity contribution in [3.63, 3.8) is 0 Å². The first kappa shape index (κ1) is 12.6. The molecule has 2 unspecified atom stereocenters. The first-order valence-electron chi connectivity index (χ1n) is 7.02. The first-order chi connectivity index (χ1) is 9.34. The Morgan fingerprint density at radius 3 is 3.21 bits per heavy atom. The van der Waals surface area contributed by atoms with Crippen molar-refractivity contribution in [2.75, 3.05) is 26.2 Å². The van der Waals surface area contributed by atoms with Crippen LogP contribution >= 0.6 is 0 Å². The molecule has 0 bridgehead atoms. The lowest BCUT2D eigenvalue weighted by Crippen LogP contribution is -2.42. The van der Waals surface area contributed by atoms with E-state index >= 15 is 0 Å². The number of carbonyl (C=O) groups excluding carboxylic acids is 1. The summed E-state index contributed by atoms with van der Waals surface area (Å²) in [5.74, 6) is 0.168. The highest BCUT2D eigenvalue weighted by Crippen LogP contribution is 2.34. The van der Waals surface area contributed by atoms with E-state index in [1.165, 1.54) is 11.1 Å². The van der Waals surface area contributed by atoms with Crippen molar-refractivity contribution in [2.45, 2.75) is 24.9 Å². The van der Waals surface area contributed by atoms with E-state index in [0.29, 0.717) is 6.54 Å². The summed E-state index contributed by atoms with van der Waals surface area (Å²) >= 11 is 0. The molecule has 1 saturated heterocycles. The smallest absolute Gasteiger partial charge is 0.227 e. The van der Waals surface area contributed by atoms with Crippen molar-refractivity contribution < 1.29 is 9.53 Å². The summed E-state index contributed by atoms with van der Waals surface area (Å²) in [5, 5.41) is 6.34. The third kappa shape index (κ3) is 2.80. The number of nitrogens with one attached hydrogen (secondary N) is 2. The van der Waals surface area contributed by atoms with Gasteiger partial charge in [-0.25, -0.2) is 0 Å². The van der Waals surface area contributed by atoms with E-state index in [2.05, 4.69) is 16.7 Å². The average Bonchev–Trinajstić information content (AvgIpc) is 2.66. The number of rotatable bonds is 3. The van der Waals surface area contributed by atoms with Crippen LogP contribution in [0.25, 0.3) is 0 Å². The predicted octanol–water partition coefficient (Wildman–Crippen LogP) is 0.821. The minimum Gasteiger partial charge on any atom is -0.375 e. The number of amides is 1. The van der Waals surface area contributed by atoms with Gasteiger partial charge in [-0.2, -0.15) is 0 Å². The van der Waals surface area contributed by atoms with Crippen molar-refractivity contribution in [1.29, 1.82) is 0 Å². The van der Waals surface area contributed by atoms with Crippen LogP contribution in [0.1, 0.15) is 23.5 Å². The molecule has 4 nitrogen and oxygen atoms in total. The standard InChI is InChI=1S/C15H20N2O2/c18-15(14-8-11-4-1-2-5-13(11)14)17-10-12-9-16-6-3-7-19-12/h1-2,4-5,12,14,16H,3,6-10H2,(H,17,18). The molecule has 0 aromatic heterocycles. The Bertz CT molecular complexity index is 453. The topological polar surface area (TPSA) is 50.4 Å². The van der Waals surface area contributed by atoms with Gasteiger partial charge < -0.3 is 15.4 Å². The van der Waals surface area contributed by atoms with Gasteiger partial charge in [-0.15, -0.1) is 0 Å². The van der Waals surface area contributed by atoms with Gasteiger partial charge in [0, 0.05) is 19.7 Å². The molecule has 1 aromatic rings. The van der Waals surface area contributed by atoms with E-state index in [1.807, 2.05) is 18.2 Å². The van der Waals surface area contributed by atoms with E-state index in [0.717, 1.165) is 32.5 Å². The zero-order valence-electron chi connectivity index (χ0n) is 11.0. The van der Waals surface area contributed by atoms with Crippen LogP contribution in [0.2, 0.25) is 0 Å². The second-order valence-corrected chi connectivity index (χ2v) is 5.25. The zero-order chi connectivity index (χ0) is 13.1. The fourth-order valence-corrected chi connectivity index (χ4v) is 2.73. The van der Waals surface area contributed by atoms with Crippen LogP contribution in [0.15, 0.2) is 24.3 Å². The van der Waals surface area contributed by atoms with Gasteiger partial charge in [0.05, 0.1) is 12.0 Å². The molecule has 19 heavy (non-hydrogen) atoms. The maximum absolute atomic E-state index is 12.1. The number of benzene rings is 1. The molecule has 2 atom stereocenters. The van der Waals surface area contributed by atoms with Crippen molar-refractivity contribution in [2.24, 2.45) is 0 Å². The second-order valence-electron chi connectivity index (χ2n) is 5.25. The van der Waals surface area contributed by atoms with Crippen molar-refractivity contribution in [3.8, 4) is 0 Å². The summed E-state index contributed by atoms with van der Waals surface area (Å²) < 4.78 is 5.68. The Kier molecular flexibility index (Phi) is 3.80. The fraction of sp³-hybridized carbons (Fsp3) is 0.533. The Morgan fingerprint density at radius 1 is 1.42 bits per heavy atom. The molecule has 3 rings (SSSR count). The third-order valence-electron chi connectivity index (χ3n) is 3.90. The SMILES string of the molecule is O=C(NCC1CNCCCO1)C1Cc2ccccc21. The molecule has 0 spiro atoms. The van der Waals surface area contributed by atoms with Gasteiger partial charge in [-0.3, -0.25) is 4.79 Å². The van der Waals surface area contributed by atoms with E-state index < -0.39 is 0 Å². The van der Waals surface area contributed by atoms with Gasteiger partial charge in [0.15, 0.2) is 0 Å². The third-order valence-corrected chi connectivity index (χ3v) is 3.90. The van der Waals surface area contributed by atoms with Crippen LogP contribution < -0.4 is 10.6 Å². The molecule has 0 radical (unpaired) electrons. The van der Waals surface area contributed by atoms with E-state index in [-0.39, 0.29) is 17.9 Å². The normalized spacial score (nSPS) is 25.9. The molecule has 102 valence electrons. The first-order valence-corrected chi connectivity index (χ1v) is 7.02. The summed E-state index contributed by atoms with van der Waals surface area (Å²) in [6, 6.07) is 8.17. The summed E-state index contributed by atoms with van der Waals surface area (Å²) in [7, 11) is 0. The van der Waals surface area contributed by atoms with Crippen molar-refractivity contribution >= 4 is 5.91 Å². The largest absolute Gasteiger partial charge is 0.375 e. The Hall–Kier alpha value is -1.39. The lowest BCUT2D eigenvalue weighted by molar-refractivity contribution is -0.123. The maximum atomic E-state index is 12.1. The number of fused-ring (bicyclic) bond motifs is 1. The molecule has 2 N–H and O–H groups in total. The lowest BCUT2D eigenvalue weighted by atomic mass is 9.77.